The summed E-state index contributed by atoms with van der Waals surface area (Å²) in [5.74, 6) is -0.434. The number of carbonyl (C=O) groups excluding carboxylic acids is 4. The maximum absolute atomic E-state index is 13.4. The van der Waals surface area contributed by atoms with Gasteiger partial charge in [0.2, 0.25) is 0 Å². The lowest BCUT2D eigenvalue weighted by atomic mass is 9.82. The zero-order chi connectivity index (χ0) is 45.2. The van der Waals surface area contributed by atoms with Crippen molar-refractivity contribution in [2.24, 2.45) is 0 Å². The number of nitrogens with zero attached hydrogens (tertiary/aromatic N) is 1. The number of piperidine rings is 1. The molecule has 13 nitrogen and oxygen atoms in total. The Balaban J connectivity index is 1.14. The molecule has 0 aliphatic carbocycles. The third kappa shape index (κ3) is 10.5. The fourth-order valence-electron chi connectivity index (χ4n) is 8.40. The van der Waals surface area contributed by atoms with Crippen LogP contribution in [-0.2, 0) is 58.3 Å². The van der Waals surface area contributed by atoms with Crippen molar-refractivity contribution in [3.8, 4) is 23.0 Å². The Kier molecular flexibility index (Phi) is 13.3. The minimum atomic E-state index is -1.05. The first kappa shape index (κ1) is 43.4. The second-order valence-corrected chi connectivity index (χ2v) is 16.0. The Bertz CT molecular complexity index is 2660. The monoisotopic (exact) mass is 887 g/mol. The molecule has 2 heterocycles. The molecule has 2 aliphatic rings. The molecule has 1 unspecified atom stereocenters. The van der Waals surface area contributed by atoms with Crippen molar-refractivity contribution in [3.05, 3.63) is 179 Å². The molecule has 0 aromatic heterocycles. The van der Waals surface area contributed by atoms with E-state index in [1.807, 2.05) is 97.1 Å². The van der Waals surface area contributed by atoms with Gasteiger partial charge in [-0.15, -0.1) is 0 Å². The molecule has 0 bridgehead atoms. The number of ether oxygens (including phenoxy) is 8. The Morgan fingerprint density at radius 1 is 0.424 bits per heavy atom. The molecule has 0 spiro atoms. The van der Waals surface area contributed by atoms with Crippen molar-refractivity contribution < 1.29 is 57.1 Å². The minimum Gasteiger partial charge on any atom is -0.429 e. The number of rotatable bonds is 12. The van der Waals surface area contributed by atoms with Crippen LogP contribution in [-0.4, -0.2) is 42.1 Å². The van der Waals surface area contributed by atoms with E-state index in [1.54, 1.807) is 48.5 Å². The van der Waals surface area contributed by atoms with Gasteiger partial charge >= 0.3 is 24.6 Å². The van der Waals surface area contributed by atoms with Crippen LogP contribution in [0, 0.1) is 0 Å². The largest absolute Gasteiger partial charge is 0.514 e. The topological polar surface area (TPSA) is 145 Å². The Labute approximate surface area is 380 Å². The highest BCUT2D eigenvalue weighted by Gasteiger charge is 2.33. The molecule has 2 aliphatic heterocycles. The molecule has 1 fully saturated rings. The molecule has 9 rings (SSSR count). The fourth-order valence-corrected chi connectivity index (χ4v) is 8.40. The van der Waals surface area contributed by atoms with Gasteiger partial charge in [-0.3, -0.25) is 4.90 Å². The highest BCUT2D eigenvalue weighted by Crippen LogP contribution is 2.46. The summed E-state index contributed by atoms with van der Waals surface area (Å²) in [6.45, 7) is 1.19. The molecule has 0 amide bonds. The van der Waals surface area contributed by atoms with Gasteiger partial charge in [-0.25, -0.2) is 19.2 Å². The van der Waals surface area contributed by atoms with Gasteiger partial charge in [0.15, 0.2) is 23.0 Å². The Hall–Kier alpha value is -7.90. The van der Waals surface area contributed by atoms with E-state index in [-0.39, 0.29) is 55.5 Å². The summed E-state index contributed by atoms with van der Waals surface area (Å²) >= 11 is 0. The normalized spacial score (nSPS) is 14.3. The van der Waals surface area contributed by atoms with Crippen molar-refractivity contribution in [3.63, 3.8) is 0 Å². The van der Waals surface area contributed by atoms with Crippen molar-refractivity contribution in [1.82, 2.24) is 4.90 Å². The standard InChI is InChI=1S/C53H45NO12/c55-50(59-31-35-15-5-1-6-16-35)63-46-26-41-40-25-39-23-13-14-24-54(39)30-45(40)44-29-49(66-53(58)62-34-38-21-11-4-12-22-38)48(65-52(57)61-33-37-19-9-3-10-20-37)28-43(44)42(41)27-47(46)64-51(56)60-32-36-17-7-2-8-18-36/h1-12,15-22,26-29,39H,13-14,23-25,30-34H2. The summed E-state index contributed by atoms with van der Waals surface area (Å²) in [6, 6.07) is 43.2. The lowest BCUT2D eigenvalue weighted by molar-refractivity contribution is 0.0832. The summed E-state index contributed by atoms with van der Waals surface area (Å²) in [6.07, 6.45) is -0.356. The Morgan fingerprint density at radius 3 is 1.12 bits per heavy atom. The average molecular weight is 888 g/mol. The van der Waals surface area contributed by atoms with Crippen LogP contribution in [0.1, 0.15) is 52.6 Å². The Morgan fingerprint density at radius 2 is 0.758 bits per heavy atom. The molecule has 7 aromatic rings. The summed E-state index contributed by atoms with van der Waals surface area (Å²) in [7, 11) is 0. The van der Waals surface area contributed by atoms with Gasteiger partial charge in [0.25, 0.3) is 0 Å². The second-order valence-electron chi connectivity index (χ2n) is 16.0. The number of fused-ring (bicyclic) bond motifs is 7. The average Bonchev–Trinajstić information content (AvgIpc) is 3.35. The SMILES string of the molecule is O=C(OCc1ccccc1)Oc1cc2c3c(c4cc(OC(=O)OCc5ccccc5)c(OC(=O)OCc5ccccc5)cc4c2cc1OC(=O)OCc1ccccc1)CN1CCCCC1C3. The molecule has 66 heavy (non-hydrogen) atoms. The van der Waals surface area contributed by atoms with E-state index in [4.69, 9.17) is 37.9 Å². The van der Waals surface area contributed by atoms with Crippen LogP contribution >= 0.6 is 0 Å². The summed E-state index contributed by atoms with van der Waals surface area (Å²) in [5.41, 5.74) is 4.88. The summed E-state index contributed by atoms with van der Waals surface area (Å²) in [4.78, 5) is 56.0. The maximum Gasteiger partial charge on any atom is 0.514 e. The quantitative estimate of drug-likeness (QED) is 0.0497. The zero-order valence-corrected chi connectivity index (χ0v) is 35.9. The van der Waals surface area contributed by atoms with Crippen LogP contribution in [0.25, 0.3) is 21.5 Å². The second kappa shape index (κ2) is 20.3. The first-order valence-corrected chi connectivity index (χ1v) is 21.7. The van der Waals surface area contributed by atoms with Gasteiger partial charge in [-0.1, -0.05) is 128 Å². The molecule has 1 atom stereocenters. The predicted molar refractivity (Wildman–Crippen MR) is 242 cm³/mol. The molecule has 1 saturated heterocycles. The lowest BCUT2D eigenvalue weighted by Crippen LogP contribution is -2.43. The third-order valence-electron chi connectivity index (χ3n) is 11.6. The van der Waals surface area contributed by atoms with Gasteiger partial charge < -0.3 is 37.9 Å². The van der Waals surface area contributed by atoms with Gasteiger partial charge in [0.1, 0.15) is 26.4 Å². The zero-order valence-electron chi connectivity index (χ0n) is 35.9. The van der Waals surface area contributed by atoms with E-state index >= 15 is 0 Å². The van der Waals surface area contributed by atoms with Crippen molar-refractivity contribution in [2.75, 3.05) is 6.54 Å². The molecule has 0 radical (unpaired) electrons. The van der Waals surface area contributed by atoms with Crippen LogP contribution in [0.3, 0.4) is 0 Å². The van der Waals surface area contributed by atoms with Gasteiger partial charge in [-0.05, 0) is 105 Å². The smallest absolute Gasteiger partial charge is 0.429 e. The van der Waals surface area contributed by atoms with E-state index in [0.717, 1.165) is 59.2 Å². The van der Waals surface area contributed by atoms with Crippen LogP contribution in [0.5, 0.6) is 23.0 Å². The summed E-state index contributed by atoms with van der Waals surface area (Å²) in [5, 5.41) is 2.50. The van der Waals surface area contributed by atoms with Crippen LogP contribution in [0.15, 0.2) is 146 Å². The molecular formula is C53H45NO12. The van der Waals surface area contributed by atoms with E-state index in [2.05, 4.69) is 4.90 Å². The van der Waals surface area contributed by atoms with Crippen LogP contribution < -0.4 is 18.9 Å². The van der Waals surface area contributed by atoms with E-state index in [1.165, 1.54) is 0 Å². The molecule has 13 heteroatoms. The predicted octanol–water partition coefficient (Wildman–Crippen LogP) is 11.8. The molecule has 7 aromatic carbocycles. The highest BCUT2D eigenvalue weighted by atomic mass is 16.8. The summed E-state index contributed by atoms with van der Waals surface area (Å²) < 4.78 is 45.3. The first-order valence-electron chi connectivity index (χ1n) is 21.7. The molecular weight excluding hydrogens is 843 g/mol. The third-order valence-corrected chi connectivity index (χ3v) is 11.6. The molecule has 334 valence electrons. The van der Waals surface area contributed by atoms with Gasteiger partial charge in [0, 0.05) is 12.6 Å². The number of carbonyl (C=O) groups is 4. The van der Waals surface area contributed by atoms with Gasteiger partial charge in [0.05, 0.1) is 0 Å². The van der Waals surface area contributed by atoms with Crippen molar-refractivity contribution >= 4 is 46.2 Å². The molecule has 0 saturated carbocycles. The van der Waals surface area contributed by atoms with Crippen LogP contribution in [0.4, 0.5) is 19.2 Å². The minimum absolute atomic E-state index is 0.0547. The lowest BCUT2D eigenvalue weighted by Gasteiger charge is -2.41. The maximum atomic E-state index is 13.4. The number of hydrogen-bond acceptors (Lipinski definition) is 13. The van der Waals surface area contributed by atoms with E-state index in [9.17, 15) is 19.2 Å². The van der Waals surface area contributed by atoms with Crippen molar-refractivity contribution in [1.29, 1.82) is 0 Å². The van der Waals surface area contributed by atoms with E-state index in [0.29, 0.717) is 34.5 Å². The molecule has 0 N–H and O–H groups in total. The highest BCUT2D eigenvalue weighted by molar-refractivity contribution is 6.13. The first-order chi connectivity index (χ1) is 32.3. The fraction of sp³-hybridized carbons (Fsp3) is 0.208. The number of hydrogen-bond donors (Lipinski definition) is 0. The van der Waals surface area contributed by atoms with E-state index < -0.39 is 24.6 Å². The van der Waals surface area contributed by atoms with Gasteiger partial charge in [-0.2, -0.15) is 0 Å². The van der Waals surface area contributed by atoms with Crippen molar-refractivity contribution in [2.45, 2.75) is 64.7 Å². The number of benzene rings is 7. The van der Waals surface area contributed by atoms with Crippen LogP contribution in [0.2, 0.25) is 0 Å².